The normalized spacial score (nSPS) is 20.6. The molecule has 2 aromatic carbocycles. The molecule has 8 heteroatoms. The van der Waals surface area contributed by atoms with E-state index in [2.05, 4.69) is 29.1 Å². The van der Waals surface area contributed by atoms with E-state index in [4.69, 9.17) is 0 Å². The number of H-pyrrole nitrogens is 1. The van der Waals surface area contributed by atoms with Crippen LogP contribution in [0.2, 0.25) is 0 Å². The predicted molar refractivity (Wildman–Crippen MR) is 112 cm³/mol. The molecule has 1 aliphatic heterocycles. The Morgan fingerprint density at radius 1 is 1.07 bits per heavy atom. The third-order valence-corrected chi connectivity index (χ3v) is 7.06. The van der Waals surface area contributed by atoms with Crippen molar-refractivity contribution >= 4 is 32.9 Å². The first-order valence-corrected chi connectivity index (χ1v) is 11.1. The van der Waals surface area contributed by atoms with Crippen LogP contribution in [-0.2, 0) is 10.0 Å². The van der Waals surface area contributed by atoms with Crippen molar-refractivity contribution in [3.8, 4) is 0 Å². The Bertz CT molecular complexity index is 1100. The van der Waals surface area contributed by atoms with Crippen LogP contribution in [0.4, 0.5) is 5.95 Å². The standard InChI is InChI=1S/C21H24N4O3S/c1-14-11-15(2)13-25(12-14)29(27,28)17-9-7-16(8-10-17)20(26)24-21-22-18-5-3-4-6-19(18)23-21/h3-10,14-15H,11-13H2,1-2H3,(H2,22,23,24,26)/t14-,15-/m0/s1. The summed E-state index contributed by atoms with van der Waals surface area (Å²) in [6, 6.07) is 13.5. The zero-order chi connectivity index (χ0) is 20.6. The van der Waals surface area contributed by atoms with E-state index in [1.54, 1.807) is 4.31 Å². The van der Waals surface area contributed by atoms with Gasteiger partial charge in [-0.2, -0.15) is 4.31 Å². The minimum absolute atomic E-state index is 0.207. The van der Waals surface area contributed by atoms with Gasteiger partial charge in [0.25, 0.3) is 5.91 Å². The SMILES string of the molecule is C[C@H]1C[C@H](C)CN(S(=O)(=O)c2ccc(C(=O)Nc3nc4ccccc4[nH]3)cc2)C1. The number of carbonyl (C=O) groups is 1. The molecule has 0 saturated carbocycles. The van der Waals surface area contributed by atoms with Crippen molar-refractivity contribution in [1.29, 1.82) is 0 Å². The smallest absolute Gasteiger partial charge is 0.257 e. The summed E-state index contributed by atoms with van der Waals surface area (Å²) in [4.78, 5) is 20.1. The molecule has 0 radical (unpaired) electrons. The molecule has 1 saturated heterocycles. The lowest BCUT2D eigenvalue weighted by Gasteiger charge is -2.34. The molecular weight excluding hydrogens is 388 g/mol. The van der Waals surface area contributed by atoms with Crippen LogP contribution in [-0.4, -0.2) is 41.7 Å². The van der Waals surface area contributed by atoms with Gasteiger partial charge in [0.05, 0.1) is 15.9 Å². The summed E-state index contributed by atoms with van der Waals surface area (Å²) < 4.78 is 27.5. The number of benzene rings is 2. The van der Waals surface area contributed by atoms with Gasteiger partial charge in [-0.05, 0) is 54.7 Å². The Morgan fingerprint density at radius 3 is 2.38 bits per heavy atom. The van der Waals surface area contributed by atoms with Crippen LogP contribution in [0.5, 0.6) is 0 Å². The van der Waals surface area contributed by atoms with Crippen LogP contribution < -0.4 is 5.32 Å². The van der Waals surface area contributed by atoms with E-state index in [-0.39, 0.29) is 10.8 Å². The van der Waals surface area contributed by atoms with Crippen LogP contribution >= 0.6 is 0 Å². The van der Waals surface area contributed by atoms with E-state index >= 15 is 0 Å². The number of anilines is 1. The highest BCUT2D eigenvalue weighted by molar-refractivity contribution is 7.89. The molecule has 2 atom stereocenters. The van der Waals surface area contributed by atoms with E-state index in [1.807, 2.05) is 24.3 Å². The topological polar surface area (TPSA) is 95.2 Å². The van der Waals surface area contributed by atoms with Gasteiger partial charge < -0.3 is 4.98 Å². The number of piperidine rings is 1. The number of aromatic nitrogens is 2. The summed E-state index contributed by atoms with van der Waals surface area (Å²) in [7, 11) is -3.56. The first kappa shape index (κ1) is 19.6. The maximum absolute atomic E-state index is 13.0. The largest absolute Gasteiger partial charge is 0.324 e. The number of nitrogens with zero attached hydrogens (tertiary/aromatic N) is 2. The Balaban J connectivity index is 1.50. The van der Waals surface area contributed by atoms with Crippen LogP contribution in [0.25, 0.3) is 11.0 Å². The molecule has 0 bridgehead atoms. The third-order valence-electron chi connectivity index (χ3n) is 5.21. The average Bonchev–Trinajstić information content (AvgIpc) is 3.09. The number of sulfonamides is 1. The van der Waals surface area contributed by atoms with Gasteiger partial charge in [-0.25, -0.2) is 13.4 Å². The van der Waals surface area contributed by atoms with Gasteiger partial charge in [0.2, 0.25) is 16.0 Å². The van der Waals surface area contributed by atoms with Gasteiger partial charge in [-0.15, -0.1) is 0 Å². The summed E-state index contributed by atoms with van der Waals surface area (Å²) in [5.74, 6) is 0.669. The fourth-order valence-electron chi connectivity index (χ4n) is 3.92. The van der Waals surface area contributed by atoms with Crippen molar-refractivity contribution in [2.24, 2.45) is 11.8 Å². The molecule has 0 aliphatic carbocycles. The van der Waals surface area contributed by atoms with Gasteiger partial charge in [0.1, 0.15) is 0 Å². The highest BCUT2D eigenvalue weighted by Crippen LogP contribution is 2.27. The number of aromatic amines is 1. The molecule has 1 aromatic heterocycles. The van der Waals surface area contributed by atoms with Gasteiger partial charge in [0, 0.05) is 18.7 Å². The van der Waals surface area contributed by atoms with Crippen LogP contribution in [0.3, 0.4) is 0 Å². The first-order chi connectivity index (χ1) is 13.8. The second kappa shape index (κ2) is 7.61. The Morgan fingerprint density at radius 2 is 1.72 bits per heavy atom. The number of rotatable bonds is 4. The lowest BCUT2D eigenvalue weighted by atomic mass is 9.94. The quantitative estimate of drug-likeness (QED) is 0.686. The van der Waals surface area contributed by atoms with E-state index in [0.29, 0.717) is 36.4 Å². The van der Waals surface area contributed by atoms with Gasteiger partial charge in [0.15, 0.2) is 0 Å². The summed E-state index contributed by atoms with van der Waals surface area (Å²) in [5.41, 5.74) is 1.95. The van der Waals surface area contributed by atoms with Crippen molar-refractivity contribution < 1.29 is 13.2 Å². The van der Waals surface area contributed by atoms with Crippen LogP contribution in [0.1, 0.15) is 30.6 Å². The van der Waals surface area contributed by atoms with Crippen molar-refractivity contribution in [2.45, 2.75) is 25.2 Å². The lowest BCUT2D eigenvalue weighted by molar-refractivity contribution is 0.102. The molecule has 2 N–H and O–H groups in total. The number of para-hydroxylation sites is 2. The molecular formula is C21H24N4O3S. The second-order valence-corrected chi connectivity index (χ2v) is 9.79. The molecule has 1 fully saturated rings. The first-order valence-electron chi connectivity index (χ1n) is 9.69. The monoisotopic (exact) mass is 412 g/mol. The Labute approximate surface area is 170 Å². The maximum Gasteiger partial charge on any atom is 0.257 e. The van der Waals surface area contributed by atoms with Gasteiger partial charge in [-0.3, -0.25) is 10.1 Å². The molecule has 2 heterocycles. The highest BCUT2D eigenvalue weighted by atomic mass is 32.2. The number of fused-ring (bicyclic) bond motifs is 1. The summed E-state index contributed by atoms with van der Waals surface area (Å²) >= 11 is 0. The molecule has 4 rings (SSSR count). The molecule has 3 aromatic rings. The van der Waals surface area contributed by atoms with Gasteiger partial charge in [-0.1, -0.05) is 26.0 Å². The average molecular weight is 413 g/mol. The molecule has 29 heavy (non-hydrogen) atoms. The molecule has 0 spiro atoms. The van der Waals surface area contributed by atoms with E-state index in [0.717, 1.165) is 17.5 Å². The van der Waals surface area contributed by atoms with Crippen molar-refractivity contribution in [1.82, 2.24) is 14.3 Å². The lowest BCUT2D eigenvalue weighted by Crippen LogP contribution is -2.42. The zero-order valence-corrected chi connectivity index (χ0v) is 17.2. The minimum atomic E-state index is -3.56. The van der Waals surface area contributed by atoms with E-state index < -0.39 is 10.0 Å². The van der Waals surface area contributed by atoms with Crippen molar-refractivity contribution in [3.05, 3.63) is 54.1 Å². The number of hydrogen-bond acceptors (Lipinski definition) is 4. The van der Waals surface area contributed by atoms with Crippen LogP contribution in [0, 0.1) is 11.8 Å². The molecule has 1 aliphatic rings. The summed E-state index contributed by atoms with van der Waals surface area (Å²) in [6.45, 7) is 5.20. The molecule has 1 amide bonds. The minimum Gasteiger partial charge on any atom is -0.324 e. The van der Waals surface area contributed by atoms with Crippen molar-refractivity contribution in [3.63, 3.8) is 0 Å². The number of amides is 1. The fraction of sp³-hybridized carbons (Fsp3) is 0.333. The molecule has 7 nitrogen and oxygen atoms in total. The van der Waals surface area contributed by atoms with Gasteiger partial charge >= 0.3 is 0 Å². The zero-order valence-electron chi connectivity index (χ0n) is 16.4. The Kier molecular flexibility index (Phi) is 5.14. The Hall–Kier alpha value is -2.71. The predicted octanol–water partition coefficient (Wildman–Crippen LogP) is 3.48. The summed E-state index contributed by atoms with van der Waals surface area (Å²) in [6.07, 6.45) is 1.03. The molecule has 0 unspecified atom stereocenters. The number of imidazole rings is 1. The van der Waals surface area contributed by atoms with Crippen molar-refractivity contribution in [2.75, 3.05) is 18.4 Å². The van der Waals surface area contributed by atoms with Crippen LogP contribution in [0.15, 0.2) is 53.4 Å². The molecule has 152 valence electrons. The summed E-state index contributed by atoms with van der Waals surface area (Å²) in [5, 5.41) is 2.72. The number of hydrogen-bond donors (Lipinski definition) is 2. The number of nitrogens with one attached hydrogen (secondary N) is 2. The van der Waals surface area contributed by atoms with E-state index in [9.17, 15) is 13.2 Å². The second-order valence-electron chi connectivity index (χ2n) is 7.85. The third kappa shape index (κ3) is 4.04. The highest BCUT2D eigenvalue weighted by Gasteiger charge is 2.31. The fourth-order valence-corrected chi connectivity index (χ4v) is 5.60. The van der Waals surface area contributed by atoms with E-state index in [1.165, 1.54) is 24.3 Å². The maximum atomic E-state index is 13.0. The number of carbonyl (C=O) groups excluding carboxylic acids is 1.